The predicted octanol–water partition coefficient (Wildman–Crippen LogP) is 2.22. The lowest BCUT2D eigenvalue weighted by atomic mass is 9.89. The first-order valence-corrected chi connectivity index (χ1v) is 10.3. The highest BCUT2D eigenvalue weighted by Crippen LogP contribution is 2.28. The van der Waals surface area contributed by atoms with Crippen molar-refractivity contribution in [3.8, 4) is 0 Å². The lowest BCUT2D eigenvalue weighted by molar-refractivity contribution is -0.111. The highest BCUT2D eigenvalue weighted by molar-refractivity contribution is 5.92. The molecule has 0 spiro atoms. The Balaban J connectivity index is 1.24. The molecular formula is C21H26N6O2. The second kappa shape index (κ2) is 7.26. The molecule has 2 saturated heterocycles. The van der Waals surface area contributed by atoms with Gasteiger partial charge in [0.15, 0.2) is 5.69 Å². The first kappa shape index (κ1) is 18.3. The molecule has 0 aliphatic carbocycles. The second-order valence-corrected chi connectivity index (χ2v) is 8.75. The fourth-order valence-corrected chi connectivity index (χ4v) is 4.40. The van der Waals surface area contributed by atoms with Gasteiger partial charge in [0.05, 0.1) is 43.3 Å². The minimum atomic E-state index is -0.0218. The van der Waals surface area contributed by atoms with Crippen LogP contribution in [0.4, 0.5) is 0 Å². The molecule has 1 aromatic carbocycles. The van der Waals surface area contributed by atoms with E-state index in [1.165, 1.54) is 0 Å². The lowest BCUT2D eigenvalue weighted by Gasteiger charge is -2.37. The smallest absolute Gasteiger partial charge is 0.276 e. The summed E-state index contributed by atoms with van der Waals surface area (Å²) in [7, 11) is 0. The molecule has 0 radical (unpaired) electrons. The van der Waals surface area contributed by atoms with Crippen LogP contribution in [0.25, 0.3) is 11.0 Å². The molecule has 2 fully saturated rings. The molecule has 1 unspecified atom stereocenters. The van der Waals surface area contributed by atoms with Crippen molar-refractivity contribution >= 4 is 16.9 Å². The average Bonchev–Trinajstić information content (AvgIpc) is 3.34. The zero-order valence-corrected chi connectivity index (χ0v) is 16.7. The van der Waals surface area contributed by atoms with Crippen molar-refractivity contribution in [1.29, 1.82) is 0 Å². The Morgan fingerprint density at radius 3 is 3.00 bits per heavy atom. The fourth-order valence-electron chi connectivity index (χ4n) is 4.40. The molecule has 2 aromatic heterocycles. The van der Waals surface area contributed by atoms with E-state index in [1.807, 2.05) is 29.4 Å². The number of imidazole rings is 1. The Labute approximate surface area is 169 Å². The van der Waals surface area contributed by atoms with Gasteiger partial charge in [0.2, 0.25) is 0 Å². The third kappa shape index (κ3) is 3.64. The second-order valence-electron chi connectivity index (χ2n) is 8.75. The van der Waals surface area contributed by atoms with Gasteiger partial charge in [-0.25, -0.2) is 4.98 Å². The van der Waals surface area contributed by atoms with Crippen LogP contribution in [0.5, 0.6) is 0 Å². The number of likely N-dealkylation sites (tertiary alicyclic amines) is 1. The van der Waals surface area contributed by atoms with E-state index in [4.69, 9.17) is 4.74 Å². The van der Waals surface area contributed by atoms with Crippen molar-refractivity contribution in [3.05, 3.63) is 42.5 Å². The van der Waals surface area contributed by atoms with Crippen LogP contribution in [-0.2, 0) is 17.8 Å². The number of nitrogens with zero attached hydrogens (tertiary/aromatic N) is 6. The van der Waals surface area contributed by atoms with Gasteiger partial charge < -0.3 is 14.2 Å². The van der Waals surface area contributed by atoms with Gasteiger partial charge in [0, 0.05) is 25.0 Å². The molecule has 3 aromatic rings. The number of rotatable bonds is 5. The van der Waals surface area contributed by atoms with Crippen LogP contribution in [0.1, 0.15) is 30.3 Å². The number of amides is 1. The van der Waals surface area contributed by atoms with E-state index in [9.17, 15) is 4.79 Å². The standard InChI is InChI=1S/C21H26N6O2/c1-21(13-29-14-21)12-27-11-18(23-24-27)20(28)25-8-4-5-16(9-25)10-26-15-22-17-6-2-3-7-19(17)26/h2-3,6-7,11,15-16H,4-5,8-10,12-14H2,1H3. The predicted molar refractivity (Wildman–Crippen MR) is 107 cm³/mol. The summed E-state index contributed by atoms with van der Waals surface area (Å²) < 4.78 is 9.27. The van der Waals surface area contributed by atoms with Crippen molar-refractivity contribution in [2.45, 2.75) is 32.9 Å². The van der Waals surface area contributed by atoms with Gasteiger partial charge in [-0.1, -0.05) is 24.3 Å². The molecule has 2 aliphatic rings. The Kier molecular flexibility index (Phi) is 4.58. The first-order chi connectivity index (χ1) is 14.1. The average molecular weight is 394 g/mol. The number of fused-ring (bicyclic) bond motifs is 1. The van der Waals surface area contributed by atoms with Crippen LogP contribution in [0, 0.1) is 11.3 Å². The zero-order chi connectivity index (χ0) is 19.8. The summed E-state index contributed by atoms with van der Waals surface area (Å²) >= 11 is 0. The van der Waals surface area contributed by atoms with E-state index < -0.39 is 0 Å². The van der Waals surface area contributed by atoms with Gasteiger partial charge in [-0.05, 0) is 30.9 Å². The van der Waals surface area contributed by atoms with E-state index in [0.29, 0.717) is 11.6 Å². The number of hydrogen-bond donors (Lipinski definition) is 0. The third-order valence-electron chi connectivity index (χ3n) is 5.99. The Morgan fingerprint density at radius 2 is 2.17 bits per heavy atom. The molecular weight excluding hydrogens is 368 g/mol. The van der Waals surface area contributed by atoms with E-state index in [0.717, 1.165) is 63.3 Å². The van der Waals surface area contributed by atoms with Crippen molar-refractivity contribution in [2.75, 3.05) is 26.3 Å². The normalized spacial score (nSPS) is 21.3. The molecule has 8 heteroatoms. The Bertz CT molecular complexity index is 1020. The van der Waals surface area contributed by atoms with Crippen LogP contribution in [-0.4, -0.2) is 61.7 Å². The van der Waals surface area contributed by atoms with Crippen molar-refractivity contribution in [2.24, 2.45) is 11.3 Å². The summed E-state index contributed by atoms with van der Waals surface area (Å²) in [6.45, 7) is 6.73. The maximum absolute atomic E-state index is 13.0. The Hall–Kier alpha value is -2.74. The van der Waals surface area contributed by atoms with E-state index in [1.54, 1.807) is 10.9 Å². The molecule has 0 N–H and O–H groups in total. The number of hydrogen-bond acceptors (Lipinski definition) is 5. The fraction of sp³-hybridized carbons (Fsp3) is 0.524. The molecule has 8 nitrogen and oxygen atoms in total. The van der Waals surface area contributed by atoms with Gasteiger partial charge >= 0.3 is 0 Å². The van der Waals surface area contributed by atoms with Gasteiger partial charge in [0.1, 0.15) is 0 Å². The van der Waals surface area contributed by atoms with Crippen LogP contribution in [0.2, 0.25) is 0 Å². The number of benzene rings is 1. The Morgan fingerprint density at radius 1 is 1.31 bits per heavy atom. The number of aromatic nitrogens is 5. The number of piperidine rings is 1. The quantitative estimate of drug-likeness (QED) is 0.663. The SMILES string of the molecule is CC1(Cn2cc(C(=O)N3CCCC(Cn4cnc5ccccc54)C3)nn2)COC1. The van der Waals surface area contributed by atoms with E-state index in [-0.39, 0.29) is 11.3 Å². The molecule has 1 atom stereocenters. The minimum Gasteiger partial charge on any atom is -0.380 e. The topological polar surface area (TPSA) is 78.1 Å². The summed E-state index contributed by atoms with van der Waals surface area (Å²) in [5.74, 6) is 0.387. The van der Waals surface area contributed by atoms with Gasteiger partial charge in [-0.2, -0.15) is 0 Å². The van der Waals surface area contributed by atoms with Crippen LogP contribution in [0.3, 0.4) is 0 Å². The largest absolute Gasteiger partial charge is 0.380 e. The van der Waals surface area contributed by atoms with Gasteiger partial charge in [-0.15, -0.1) is 5.10 Å². The summed E-state index contributed by atoms with van der Waals surface area (Å²) in [4.78, 5) is 19.4. The number of carbonyl (C=O) groups is 1. The molecule has 0 bridgehead atoms. The summed E-state index contributed by atoms with van der Waals surface area (Å²) in [5.41, 5.74) is 2.69. The maximum Gasteiger partial charge on any atom is 0.276 e. The monoisotopic (exact) mass is 394 g/mol. The van der Waals surface area contributed by atoms with Crippen LogP contribution >= 0.6 is 0 Å². The van der Waals surface area contributed by atoms with E-state index in [2.05, 4.69) is 32.9 Å². The van der Waals surface area contributed by atoms with Crippen molar-refractivity contribution in [3.63, 3.8) is 0 Å². The summed E-state index contributed by atoms with van der Waals surface area (Å²) in [5, 5.41) is 8.31. The van der Waals surface area contributed by atoms with Gasteiger partial charge in [-0.3, -0.25) is 9.48 Å². The maximum atomic E-state index is 13.0. The lowest BCUT2D eigenvalue weighted by Crippen LogP contribution is -2.43. The third-order valence-corrected chi connectivity index (χ3v) is 5.99. The van der Waals surface area contributed by atoms with E-state index >= 15 is 0 Å². The van der Waals surface area contributed by atoms with Crippen molar-refractivity contribution in [1.82, 2.24) is 29.4 Å². The first-order valence-electron chi connectivity index (χ1n) is 10.3. The molecule has 0 saturated carbocycles. The molecule has 152 valence electrons. The molecule has 2 aliphatic heterocycles. The highest BCUT2D eigenvalue weighted by atomic mass is 16.5. The molecule has 4 heterocycles. The summed E-state index contributed by atoms with van der Waals surface area (Å²) in [6, 6.07) is 8.17. The number of ether oxygens (including phenoxy) is 1. The number of para-hydroxylation sites is 2. The highest BCUT2D eigenvalue weighted by Gasteiger charge is 2.34. The minimum absolute atomic E-state index is 0.0218. The summed E-state index contributed by atoms with van der Waals surface area (Å²) in [6.07, 6.45) is 5.80. The van der Waals surface area contributed by atoms with Crippen LogP contribution in [0.15, 0.2) is 36.8 Å². The van der Waals surface area contributed by atoms with Gasteiger partial charge in [0.25, 0.3) is 5.91 Å². The molecule has 29 heavy (non-hydrogen) atoms. The molecule has 5 rings (SSSR count). The number of carbonyl (C=O) groups excluding carboxylic acids is 1. The van der Waals surface area contributed by atoms with Crippen molar-refractivity contribution < 1.29 is 9.53 Å². The zero-order valence-electron chi connectivity index (χ0n) is 16.7. The molecule has 1 amide bonds. The van der Waals surface area contributed by atoms with Crippen LogP contribution < -0.4 is 0 Å².